The van der Waals surface area contributed by atoms with Gasteiger partial charge in [0.15, 0.2) is 11.6 Å². The lowest BCUT2D eigenvalue weighted by molar-refractivity contribution is -0.137. The second kappa shape index (κ2) is 7.09. The largest absolute Gasteiger partial charge is 0.494 e. The number of carboxylic acids is 1. The van der Waals surface area contributed by atoms with E-state index < -0.39 is 11.8 Å². The van der Waals surface area contributed by atoms with Crippen molar-refractivity contribution in [3.63, 3.8) is 0 Å². The van der Waals surface area contributed by atoms with Crippen molar-refractivity contribution in [3.8, 4) is 5.75 Å². The van der Waals surface area contributed by atoms with E-state index in [1.165, 1.54) is 13.2 Å². The van der Waals surface area contributed by atoms with Gasteiger partial charge in [-0.15, -0.1) is 0 Å². The van der Waals surface area contributed by atoms with Gasteiger partial charge in [-0.3, -0.25) is 9.69 Å². The lowest BCUT2D eigenvalue weighted by Gasteiger charge is -2.26. The molecule has 1 rings (SSSR count). The highest BCUT2D eigenvalue weighted by molar-refractivity contribution is 5.66. The van der Waals surface area contributed by atoms with Crippen LogP contribution in [0.4, 0.5) is 4.39 Å². The molecule has 1 N–H and O–H groups in total. The highest BCUT2D eigenvalue weighted by Crippen LogP contribution is 2.19. The van der Waals surface area contributed by atoms with Gasteiger partial charge < -0.3 is 9.84 Å². The first-order chi connectivity index (χ1) is 8.93. The van der Waals surface area contributed by atoms with E-state index in [2.05, 4.69) is 0 Å². The molecule has 0 radical (unpaired) electrons. The van der Waals surface area contributed by atoms with E-state index in [-0.39, 0.29) is 18.2 Å². The molecule has 0 heterocycles. The number of hydrogen-bond acceptors (Lipinski definition) is 3. The molecule has 0 saturated heterocycles. The molecule has 0 atom stereocenters. The zero-order chi connectivity index (χ0) is 14.4. The van der Waals surface area contributed by atoms with Gasteiger partial charge in [-0.1, -0.05) is 6.07 Å². The molecule has 1 aromatic carbocycles. The normalized spacial score (nSPS) is 11.1. The Morgan fingerprint density at radius 2 is 2.16 bits per heavy atom. The van der Waals surface area contributed by atoms with Crippen LogP contribution in [0.3, 0.4) is 0 Å². The fourth-order valence-electron chi connectivity index (χ4n) is 1.80. The number of benzene rings is 1. The Kier molecular flexibility index (Phi) is 5.76. The van der Waals surface area contributed by atoms with E-state index in [1.54, 1.807) is 12.1 Å². The van der Waals surface area contributed by atoms with Crippen LogP contribution >= 0.6 is 0 Å². The standard InChI is InChI=1S/C14H20FNO3/c1-10(2)16(7-6-14(17)18)9-11-4-5-13(19-3)12(15)8-11/h4-5,8,10H,6-7,9H2,1-3H3,(H,17,18). The van der Waals surface area contributed by atoms with Crippen LogP contribution in [0.15, 0.2) is 18.2 Å². The summed E-state index contributed by atoms with van der Waals surface area (Å²) in [5.74, 6) is -1.01. The van der Waals surface area contributed by atoms with Gasteiger partial charge in [-0.2, -0.15) is 0 Å². The lowest BCUT2D eigenvalue weighted by atomic mass is 10.1. The number of halogens is 1. The van der Waals surface area contributed by atoms with Crippen LogP contribution in [0.2, 0.25) is 0 Å². The summed E-state index contributed by atoms with van der Waals surface area (Å²) < 4.78 is 18.4. The number of carboxylic acid groups (broad SMARTS) is 1. The minimum absolute atomic E-state index is 0.0802. The van der Waals surface area contributed by atoms with Crippen LogP contribution in [-0.2, 0) is 11.3 Å². The van der Waals surface area contributed by atoms with Crippen molar-refractivity contribution < 1.29 is 19.0 Å². The van der Waals surface area contributed by atoms with Crippen LogP contribution < -0.4 is 4.74 Å². The van der Waals surface area contributed by atoms with Gasteiger partial charge in [0.1, 0.15) is 0 Å². The van der Waals surface area contributed by atoms with Crippen LogP contribution in [0.1, 0.15) is 25.8 Å². The van der Waals surface area contributed by atoms with Crippen LogP contribution in [0, 0.1) is 5.82 Å². The topological polar surface area (TPSA) is 49.8 Å². The van der Waals surface area contributed by atoms with E-state index in [0.29, 0.717) is 13.1 Å². The molecule has 4 nitrogen and oxygen atoms in total. The first kappa shape index (κ1) is 15.4. The van der Waals surface area contributed by atoms with E-state index in [1.807, 2.05) is 18.7 Å². The molecule has 106 valence electrons. The molecule has 0 amide bonds. The predicted octanol–water partition coefficient (Wildman–Crippen LogP) is 2.52. The third kappa shape index (κ3) is 4.87. The maximum Gasteiger partial charge on any atom is 0.304 e. The number of hydrogen-bond donors (Lipinski definition) is 1. The number of ether oxygens (including phenoxy) is 1. The molecule has 0 aliphatic rings. The molecule has 0 aromatic heterocycles. The van der Waals surface area contributed by atoms with E-state index >= 15 is 0 Å². The van der Waals surface area contributed by atoms with Crippen molar-refractivity contribution in [3.05, 3.63) is 29.6 Å². The van der Waals surface area contributed by atoms with Crippen molar-refractivity contribution in [1.29, 1.82) is 0 Å². The number of nitrogens with zero attached hydrogens (tertiary/aromatic N) is 1. The summed E-state index contributed by atoms with van der Waals surface area (Å²) in [5.41, 5.74) is 0.803. The van der Waals surface area contributed by atoms with Crippen molar-refractivity contribution >= 4 is 5.97 Å². The molecular weight excluding hydrogens is 249 g/mol. The van der Waals surface area contributed by atoms with E-state index in [0.717, 1.165) is 5.56 Å². The Hall–Kier alpha value is -1.62. The highest BCUT2D eigenvalue weighted by atomic mass is 19.1. The van der Waals surface area contributed by atoms with Gasteiger partial charge >= 0.3 is 5.97 Å². The maximum absolute atomic E-state index is 13.6. The Bertz CT molecular complexity index is 435. The van der Waals surface area contributed by atoms with Gasteiger partial charge in [0.2, 0.25) is 0 Å². The van der Waals surface area contributed by atoms with Crippen LogP contribution in [0.25, 0.3) is 0 Å². The second-order valence-electron chi connectivity index (χ2n) is 4.68. The Labute approximate surface area is 112 Å². The monoisotopic (exact) mass is 269 g/mol. The Morgan fingerprint density at radius 1 is 1.47 bits per heavy atom. The first-order valence-corrected chi connectivity index (χ1v) is 6.22. The fraction of sp³-hybridized carbons (Fsp3) is 0.500. The number of aliphatic carboxylic acids is 1. The second-order valence-corrected chi connectivity index (χ2v) is 4.68. The Balaban J connectivity index is 2.73. The zero-order valence-electron chi connectivity index (χ0n) is 11.5. The molecule has 1 aromatic rings. The summed E-state index contributed by atoms with van der Waals surface area (Å²) in [6, 6.07) is 5.00. The lowest BCUT2D eigenvalue weighted by Crippen LogP contribution is -2.32. The minimum atomic E-state index is -0.827. The molecule has 0 spiro atoms. The van der Waals surface area contributed by atoms with Gasteiger partial charge in [0.05, 0.1) is 13.5 Å². The first-order valence-electron chi connectivity index (χ1n) is 6.22. The number of methoxy groups -OCH3 is 1. The average molecular weight is 269 g/mol. The summed E-state index contributed by atoms with van der Waals surface area (Å²) in [4.78, 5) is 12.6. The molecule has 0 unspecified atom stereocenters. The quantitative estimate of drug-likeness (QED) is 0.826. The molecule has 0 bridgehead atoms. The van der Waals surface area contributed by atoms with Crippen molar-refractivity contribution in [2.45, 2.75) is 32.9 Å². The summed E-state index contributed by atoms with van der Waals surface area (Å²) in [5, 5.41) is 8.72. The summed E-state index contributed by atoms with van der Waals surface area (Å²) in [6.45, 7) is 4.94. The third-order valence-electron chi connectivity index (χ3n) is 2.95. The highest BCUT2D eigenvalue weighted by Gasteiger charge is 2.13. The van der Waals surface area contributed by atoms with Gasteiger partial charge in [-0.25, -0.2) is 4.39 Å². The Morgan fingerprint density at radius 3 is 2.63 bits per heavy atom. The number of carbonyl (C=O) groups is 1. The minimum Gasteiger partial charge on any atom is -0.494 e. The molecule has 0 saturated carbocycles. The molecular formula is C14H20FNO3. The van der Waals surface area contributed by atoms with Crippen LogP contribution in [-0.4, -0.2) is 35.7 Å². The molecule has 0 aliphatic heterocycles. The SMILES string of the molecule is COc1ccc(CN(CCC(=O)O)C(C)C)cc1F. The summed E-state index contributed by atoms with van der Waals surface area (Å²) in [7, 11) is 1.42. The fourth-order valence-corrected chi connectivity index (χ4v) is 1.80. The maximum atomic E-state index is 13.6. The smallest absolute Gasteiger partial charge is 0.304 e. The van der Waals surface area contributed by atoms with Crippen LogP contribution in [0.5, 0.6) is 5.75 Å². The molecule has 19 heavy (non-hydrogen) atoms. The van der Waals surface area contributed by atoms with Crippen molar-refractivity contribution in [2.75, 3.05) is 13.7 Å². The summed E-state index contributed by atoms with van der Waals surface area (Å²) in [6.07, 6.45) is 0.0802. The van der Waals surface area contributed by atoms with Gasteiger partial charge in [0.25, 0.3) is 0 Å². The number of rotatable bonds is 7. The summed E-state index contributed by atoms with van der Waals surface area (Å²) >= 11 is 0. The van der Waals surface area contributed by atoms with Gasteiger partial charge in [-0.05, 0) is 31.5 Å². The molecule has 0 aliphatic carbocycles. The predicted molar refractivity (Wildman–Crippen MR) is 70.8 cm³/mol. The van der Waals surface area contributed by atoms with E-state index in [9.17, 15) is 9.18 Å². The van der Waals surface area contributed by atoms with Crippen molar-refractivity contribution in [1.82, 2.24) is 4.90 Å². The van der Waals surface area contributed by atoms with E-state index in [4.69, 9.17) is 9.84 Å². The molecule has 5 heteroatoms. The third-order valence-corrected chi connectivity index (χ3v) is 2.95. The molecule has 0 fully saturated rings. The zero-order valence-corrected chi connectivity index (χ0v) is 11.5. The average Bonchev–Trinajstić information content (AvgIpc) is 2.34. The van der Waals surface area contributed by atoms with Crippen molar-refractivity contribution in [2.24, 2.45) is 0 Å². The van der Waals surface area contributed by atoms with Gasteiger partial charge in [0, 0.05) is 19.1 Å².